The van der Waals surface area contributed by atoms with Crippen molar-refractivity contribution in [3.05, 3.63) is 95.7 Å². The summed E-state index contributed by atoms with van der Waals surface area (Å²) in [7, 11) is 1.96. The van der Waals surface area contributed by atoms with Crippen LogP contribution in [0.2, 0.25) is 0 Å². The third kappa shape index (κ3) is 6.25. The molecule has 0 fully saturated rings. The first kappa shape index (κ1) is 20.2. The summed E-state index contributed by atoms with van der Waals surface area (Å²) in [6.45, 7) is 0.981. The molecule has 4 heteroatoms. The van der Waals surface area contributed by atoms with Gasteiger partial charge in [-0.25, -0.2) is 4.98 Å². The summed E-state index contributed by atoms with van der Waals surface area (Å²) in [5, 5.41) is 13.7. The molecular weight excluding hydrogens is 364 g/mol. The van der Waals surface area contributed by atoms with E-state index >= 15 is 0 Å². The van der Waals surface area contributed by atoms with Crippen LogP contribution in [0.15, 0.2) is 84.0 Å². The Balaban J connectivity index is 1.72. The normalized spacial score (nSPS) is 11.5. The van der Waals surface area contributed by atoms with Crippen LogP contribution in [0.3, 0.4) is 0 Å². The van der Waals surface area contributed by atoms with Crippen LogP contribution in [-0.2, 0) is 12.8 Å². The van der Waals surface area contributed by atoms with Crippen LogP contribution in [0.4, 0.5) is 0 Å². The van der Waals surface area contributed by atoms with Gasteiger partial charge in [-0.2, -0.15) is 0 Å². The number of rotatable bonds is 9. The van der Waals surface area contributed by atoms with E-state index in [1.54, 1.807) is 23.9 Å². The highest BCUT2D eigenvalue weighted by atomic mass is 32.2. The summed E-state index contributed by atoms with van der Waals surface area (Å²) in [5.41, 5.74) is 4.89. The predicted molar refractivity (Wildman–Crippen MR) is 119 cm³/mol. The minimum Gasteiger partial charge on any atom is -0.508 e. The highest BCUT2D eigenvalue weighted by Crippen LogP contribution is 2.22. The standard InChI is InChI=1S/C24H26N2OS/c1-25-15-16-28-24-14-10-20(18-26-24)7-11-22(21-5-3-2-4-6-21)17-19-8-12-23(27)13-9-19/h2-6,8-14,18,25,27H,7,15-17H2,1H3/b22-11+. The first-order valence-electron chi connectivity index (χ1n) is 9.49. The highest BCUT2D eigenvalue weighted by molar-refractivity contribution is 7.99. The smallest absolute Gasteiger partial charge is 0.115 e. The third-order valence-corrected chi connectivity index (χ3v) is 5.40. The number of thioether (sulfide) groups is 1. The van der Waals surface area contributed by atoms with Crippen molar-refractivity contribution in [2.75, 3.05) is 19.3 Å². The molecule has 0 spiro atoms. The molecule has 0 aliphatic carbocycles. The Morgan fingerprint density at radius 3 is 2.43 bits per heavy atom. The molecule has 0 bridgehead atoms. The van der Waals surface area contributed by atoms with E-state index in [1.165, 1.54) is 22.3 Å². The average molecular weight is 391 g/mol. The SMILES string of the molecule is CNCCSc1ccc(C/C=C(\Cc2ccc(O)cc2)c2ccccc2)cn1. The van der Waals surface area contributed by atoms with Gasteiger partial charge in [0, 0.05) is 18.5 Å². The summed E-state index contributed by atoms with van der Waals surface area (Å²) >= 11 is 1.77. The van der Waals surface area contributed by atoms with Crippen molar-refractivity contribution in [3.63, 3.8) is 0 Å². The first-order valence-corrected chi connectivity index (χ1v) is 10.5. The molecule has 0 radical (unpaired) electrons. The molecule has 28 heavy (non-hydrogen) atoms. The maximum absolute atomic E-state index is 9.52. The number of benzene rings is 2. The lowest BCUT2D eigenvalue weighted by Crippen LogP contribution is -2.09. The molecule has 1 aromatic heterocycles. The second kappa shape index (κ2) is 10.7. The van der Waals surface area contributed by atoms with E-state index in [1.807, 2.05) is 31.4 Å². The van der Waals surface area contributed by atoms with E-state index in [0.717, 1.165) is 30.2 Å². The number of pyridine rings is 1. The number of nitrogens with zero attached hydrogens (tertiary/aromatic N) is 1. The van der Waals surface area contributed by atoms with Gasteiger partial charge < -0.3 is 10.4 Å². The minimum atomic E-state index is 0.299. The van der Waals surface area contributed by atoms with Gasteiger partial charge in [-0.1, -0.05) is 54.6 Å². The Morgan fingerprint density at radius 2 is 1.75 bits per heavy atom. The molecule has 0 atom stereocenters. The van der Waals surface area contributed by atoms with E-state index in [4.69, 9.17) is 0 Å². The van der Waals surface area contributed by atoms with Gasteiger partial charge >= 0.3 is 0 Å². The minimum absolute atomic E-state index is 0.299. The molecule has 2 N–H and O–H groups in total. The molecule has 0 saturated heterocycles. The Bertz CT molecular complexity index is 875. The van der Waals surface area contributed by atoms with Gasteiger partial charge in [-0.3, -0.25) is 0 Å². The van der Waals surface area contributed by atoms with Crippen molar-refractivity contribution >= 4 is 17.3 Å². The van der Waals surface area contributed by atoms with Gasteiger partial charge in [0.1, 0.15) is 5.75 Å². The first-order chi connectivity index (χ1) is 13.7. The second-order valence-electron chi connectivity index (χ2n) is 6.60. The maximum atomic E-state index is 9.52. The van der Waals surface area contributed by atoms with E-state index in [0.29, 0.717) is 5.75 Å². The van der Waals surface area contributed by atoms with E-state index in [9.17, 15) is 5.11 Å². The fraction of sp³-hybridized carbons (Fsp3) is 0.208. The number of nitrogens with one attached hydrogen (secondary N) is 1. The van der Waals surface area contributed by atoms with Crippen molar-refractivity contribution in [2.45, 2.75) is 17.9 Å². The van der Waals surface area contributed by atoms with Crippen molar-refractivity contribution in [1.29, 1.82) is 0 Å². The van der Waals surface area contributed by atoms with E-state index < -0.39 is 0 Å². The van der Waals surface area contributed by atoms with Gasteiger partial charge in [0.05, 0.1) is 5.03 Å². The van der Waals surface area contributed by atoms with Crippen LogP contribution in [0.1, 0.15) is 16.7 Å². The van der Waals surface area contributed by atoms with E-state index in [2.05, 4.69) is 52.8 Å². The summed E-state index contributed by atoms with van der Waals surface area (Å²) in [5.74, 6) is 1.32. The number of hydrogen-bond donors (Lipinski definition) is 2. The molecule has 0 aliphatic rings. The molecule has 3 aromatic rings. The van der Waals surface area contributed by atoms with Gasteiger partial charge in [0.15, 0.2) is 0 Å². The number of phenols is 1. The van der Waals surface area contributed by atoms with Crippen molar-refractivity contribution < 1.29 is 5.11 Å². The van der Waals surface area contributed by atoms with Crippen molar-refractivity contribution in [2.24, 2.45) is 0 Å². The molecule has 3 rings (SSSR count). The zero-order valence-electron chi connectivity index (χ0n) is 16.1. The number of phenolic OH excluding ortho intramolecular Hbond substituents is 1. The Kier molecular flexibility index (Phi) is 7.71. The molecular formula is C24H26N2OS. The molecule has 0 saturated carbocycles. The molecule has 0 unspecified atom stereocenters. The molecule has 3 nitrogen and oxygen atoms in total. The van der Waals surface area contributed by atoms with Crippen LogP contribution in [0.25, 0.3) is 5.57 Å². The summed E-state index contributed by atoms with van der Waals surface area (Å²) in [6.07, 6.45) is 5.93. The van der Waals surface area contributed by atoms with Crippen LogP contribution in [0, 0.1) is 0 Å². The lowest BCUT2D eigenvalue weighted by Gasteiger charge is -2.09. The van der Waals surface area contributed by atoms with Crippen LogP contribution < -0.4 is 5.32 Å². The number of allylic oxidation sites excluding steroid dienone is 2. The number of hydrogen-bond acceptors (Lipinski definition) is 4. The summed E-state index contributed by atoms with van der Waals surface area (Å²) in [6, 6.07) is 22.2. The zero-order valence-corrected chi connectivity index (χ0v) is 17.0. The number of aromatic nitrogens is 1. The van der Waals surface area contributed by atoms with Gasteiger partial charge in [-0.15, -0.1) is 11.8 Å². The largest absolute Gasteiger partial charge is 0.508 e. The molecule has 0 amide bonds. The quantitative estimate of drug-likeness (QED) is 0.400. The zero-order chi connectivity index (χ0) is 19.6. The molecule has 1 heterocycles. The fourth-order valence-corrected chi connectivity index (χ4v) is 3.70. The summed E-state index contributed by atoms with van der Waals surface area (Å²) < 4.78 is 0. The fourth-order valence-electron chi connectivity index (χ4n) is 2.89. The Labute approximate surface area is 171 Å². The predicted octanol–water partition coefficient (Wildman–Crippen LogP) is 4.97. The lowest BCUT2D eigenvalue weighted by atomic mass is 9.96. The lowest BCUT2D eigenvalue weighted by molar-refractivity contribution is 0.475. The topological polar surface area (TPSA) is 45.1 Å². The van der Waals surface area contributed by atoms with Crippen LogP contribution in [0.5, 0.6) is 5.75 Å². The second-order valence-corrected chi connectivity index (χ2v) is 7.71. The molecule has 0 aliphatic heterocycles. The molecule has 144 valence electrons. The van der Waals surface area contributed by atoms with Gasteiger partial charge in [-0.05, 0) is 60.4 Å². The monoisotopic (exact) mass is 390 g/mol. The molecule has 2 aromatic carbocycles. The van der Waals surface area contributed by atoms with Crippen LogP contribution in [-0.4, -0.2) is 29.4 Å². The van der Waals surface area contributed by atoms with Gasteiger partial charge in [0.2, 0.25) is 0 Å². The van der Waals surface area contributed by atoms with Crippen molar-refractivity contribution in [1.82, 2.24) is 10.3 Å². The Hall–Kier alpha value is -2.56. The highest BCUT2D eigenvalue weighted by Gasteiger charge is 2.04. The van der Waals surface area contributed by atoms with Crippen LogP contribution >= 0.6 is 11.8 Å². The average Bonchev–Trinajstić information content (AvgIpc) is 2.74. The van der Waals surface area contributed by atoms with Gasteiger partial charge in [0.25, 0.3) is 0 Å². The third-order valence-electron chi connectivity index (χ3n) is 4.46. The van der Waals surface area contributed by atoms with E-state index in [-0.39, 0.29) is 0 Å². The summed E-state index contributed by atoms with van der Waals surface area (Å²) in [4.78, 5) is 4.57. The van der Waals surface area contributed by atoms with Crippen molar-refractivity contribution in [3.8, 4) is 5.75 Å². The number of aromatic hydroxyl groups is 1. The Morgan fingerprint density at radius 1 is 1.00 bits per heavy atom. The maximum Gasteiger partial charge on any atom is 0.115 e.